The number of ether oxygens (including phenoxy) is 2. The lowest BCUT2D eigenvalue weighted by molar-refractivity contribution is 0.181. The third-order valence-corrected chi connectivity index (χ3v) is 5.48. The molecule has 3 heteroatoms. The standard InChI is InChI=1S/C24H29NO2/c1-2-26-24-20-13-7-8-14-22(20)27-23(17-19-11-5-3-6-12-19)21(24)18-25-15-9-4-10-16-25/h3,5-8,11-14,23H,2,4,9-10,15-18H2,1H3. The van der Waals surface area contributed by atoms with E-state index in [4.69, 9.17) is 9.47 Å². The first-order chi connectivity index (χ1) is 13.3. The van der Waals surface area contributed by atoms with Crippen LogP contribution in [0.4, 0.5) is 0 Å². The lowest BCUT2D eigenvalue weighted by atomic mass is 9.93. The van der Waals surface area contributed by atoms with Crippen LogP contribution in [0.25, 0.3) is 5.76 Å². The number of hydrogen-bond donors (Lipinski definition) is 0. The number of likely N-dealkylation sites (tertiary alicyclic amines) is 1. The van der Waals surface area contributed by atoms with Gasteiger partial charge in [-0.05, 0) is 50.6 Å². The number of fused-ring (bicyclic) bond motifs is 1. The Morgan fingerprint density at radius 3 is 2.48 bits per heavy atom. The van der Waals surface area contributed by atoms with E-state index in [-0.39, 0.29) is 6.10 Å². The summed E-state index contributed by atoms with van der Waals surface area (Å²) < 4.78 is 12.7. The van der Waals surface area contributed by atoms with Crippen molar-refractivity contribution in [1.29, 1.82) is 0 Å². The molecule has 2 aromatic rings. The molecule has 27 heavy (non-hydrogen) atoms. The molecule has 2 aliphatic rings. The molecule has 0 bridgehead atoms. The van der Waals surface area contributed by atoms with Crippen molar-refractivity contribution in [2.45, 2.75) is 38.7 Å². The van der Waals surface area contributed by atoms with Gasteiger partial charge >= 0.3 is 0 Å². The van der Waals surface area contributed by atoms with Crippen molar-refractivity contribution in [2.75, 3.05) is 26.2 Å². The van der Waals surface area contributed by atoms with Crippen LogP contribution >= 0.6 is 0 Å². The molecule has 0 N–H and O–H groups in total. The maximum Gasteiger partial charge on any atom is 0.134 e. The molecule has 2 heterocycles. The smallest absolute Gasteiger partial charge is 0.134 e. The Bertz CT molecular complexity index is 778. The summed E-state index contributed by atoms with van der Waals surface area (Å²) in [6.45, 7) is 6.01. The van der Waals surface area contributed by atoms with Gasteiger partial charge in [0.25, 0.3) is 0 Å². The summed E-state index contributed by atoms with van der Waals surface area (Å²) >= 11 is 0. The van der Waals surface area contributed by atoms with Crippen LogP contribution in [0.2, 0.25) is 0 Å². The molecule has 4 rings (SSSR count). The van der Waals surface area contributed by atoms with Crippen molar-refractivity contribution in [3.8, 4) is 5.75 Å². The number of piperidine rings is 1. The van der Waals surface area contributed by atoms with Gasteiger partial charge in [-0.2, -0.15) is 0 Å². The Kier molecular flexibility index (Phi) is 5.78. The molecule has 0 spiro atoms. The van der Waals surface area contributed by atoms with Crippen LogP contribution in [0.1, 0.15) is 37.3 Å². The second-order valence-electron chi connectivity index (χ2n) is 7.42. The van der Waals surface area contributed by atoms with Crippen LogP contribution in [-0.2, 0) is 11.2 Å². The predicted octanol–water partition coefficient (Wildman–Crippen LogP) is 4.92. The largest absolute Gasteiger partial charge is 0.493 e. The second-order valence-corrected chi connectivity index (χ2v) is 7.42. The molecule has 0 saturated carbocycles. The monoisotopic (exact) mass is 363 g/mol. The van der Waals surface area contributed by atoms with Crippen molar-refractivity contribution in [3.63, 3.8) is 0 Å². The Morgan fingerprint density at radius 1 is 0.963 bits per heavy atom. The van der Waals surface area contributed by atoms with E-state index in [9.17, 15) is 0 Å². The Balaban J connectivity index is 1.70. The van der Waals surface area contributed by atoms with Gasteiger partial charge in [0, 0.05) is 18.5 Å². The van der Waals surface area contributed by atoms with E-state index >= 15 is 0 Å². The highest BCUT2D eigenvalue weighted by molar-refractivity contribution is 5.71. The average molecular weight is 364 g/mol. The summed E-state index contributed by atoms with van der Waals surface area (Å²) in [5.74, 6) is 1.97. The van der Waals surface area contributed by atoms with E-state index < -0.39 is 0 Å². The highest BCUT2D eigenvalue weighted by Crippen LogP contribution is 2.38. The molecule has 0 amide bonds. The van der Waals surface area contributed by atoms with Crippen molar-refractivity contribution in [2.24, 2.45) is 0 Å². The fourth-order valence-corrected chi connectivity index (χ4v) is 4.14. The molecule has 0 aliphatic carbocycles. The van der Waals surface area contributed by atoms with Crippen LogP contribution < -0.4 is 4.74 Å². The summed E-state index contributed by atoms with van der Waals surface area (Å²) in [6, 6.07) is 18.9. The van der Waals surface area contributed by atoms with Crippen LogP contribution in [0.5, 0.6) is 5.75 Å². The molecule has 0 aromatic heterocycles. The summed E-state index contributed by atoms with van der Waals surface area (Å²) in [7, 11) is 0. The average Bonchev–Trinajstić information content (AvgIpc) is 2.72. The number of nitrogens with zero attached hydrogens (tertiary/aromatic N) is 1. The summed E-state index contributed by atoms with van der Waals surface area (Å²) in [6.07, 6.45) is 4.82. The molecule has 2 aromatic carbocycles. The molecule has 142 valence electrons. The number of para-hydroxylation sites is 1. The summed E-state index contributed by atoms with van der Waals surface area (Å²) in [5.41, 5.74) is 3.69. The zero-order valence-electron chi connectivity index (χ0n) is 16.2. The van der Waals surface area contributed by atoms with E-state index in [2.05, 4.69) is 60.4 Å². The highest BCUT2D eigenvalue weighted by atomic mass is 16.5. The maximum absolute atomic E-state index is 6.50. The first kappa shape index (κ1) is 18.1. The number of rotatable bonds is 6. The van der Waals surface area contributed by atoms with Crippen LogP contribution in [0.15, 0.2) is 60.2 Å². The molecule has 1 fully saturated rings. The maximum atomic E-state index is 6.50. The van der Waals surface area contributed by atoms with E-state index in [1.165, 1.54) is 43.5 Å². The van der Waals surface area contributed by atoms with Crippen molar-refractivity contribution < 1.29 is 9.47 Å². The Labute approximate surface area is 162 Å². The van der Waals surface area contributed by atoms with Crippen LogP contribution in [0, 0.1) is 0 Å². The lowest BCUT2D eigenvalue weighted by Crippen LogP contribution is -2.38. The molecular formula is C24H29NO2. The quantitative estimate of drug-likeness (QED) is 0.727. The van der Waals surface area contributed by atoms with Gasteiger partial charge in [0.05, 0.1) is 12.2 Å². The molecule has 2 aliphatic heterocycles. The first-order valence-corrected chi connectivity index (χ1v) is 10.2. The molecule has 0 radical (unpaired) electrons. The zero-order chi connectivity index (χ0) is 18.5. The van der Waals surface area contributed by atoms with Gasteiger partial charge in [0.15, 0.2) is 0 Å². The van der Waals surface area contributed by atoms with E-state index in [0.29, 0.717) is 6.61 Å². The number of benzene rings is 2. The molecule has 1 unspecified atom stereocenters. The van der Waals surface area contributed by atoms with Gasteiger partial charge in [0.2, 0.25) is 0 Å². The minimum absolute atomic E-state index is 0.0192. The normalized spacial score (nSPS) is 20.1. The van der Waals surface area contributed by atoms with Crippen molar-refractivity contribution >= 4 is 5.76 Å². The van der Waals surface area contributed by atoms with Gasteiger partial charge in [-0.1, -0.05) is 48.9 Å². The topological polar surface area (TPSA) is 21.7 Å². The predicted molar refractivity (Wildman–Crippen MR) is 110 cm³/mol. The van der Waals surface area contributed by atoms with Crippen molar-refractivity contribution in [1.82, 2.24) is 4.90 Å². The lowest BCUT2D eigenvalue weighted by Gasteiger charge is -2.35. The van der Waals surface area contributed by atoms with E-state index in [1.54, 1.807) is 0 Å². The second kappa shape index (κ2) is 8.62. The number of hydrogen-bond acceptors (Lipinski definition) is 3. The van der Waals surface area contributed by atoms with Crippen LogP contribution in [-0.4, -0.2) is 37.2 Å². The molecular weight excluding hydrogens is 334 g/mol. The third kappa shape index (κ3) is 4.19. The van der Waals surface area contributed by atoms with Gasteiger partial charge in [-0.3, -0.25) is 4.90 Å². The van der Waals surface area contributed by atoms with Crippen LogP contribution in [0.3, 0.4) is 0 Å². The summed E-state index contributed by atoms with van der Waals surface area (Å²) in [5, 5.41) is 0. The van der Waals surface area contributed by atoms with E-state index in [0.717, 1.165) is 30.0 Å². The highest BCUT2D eigenvalue weighted by Gasteiger charge is 2.31. The molecule has 1 saturated heterocycles. The first-order valence-electron chi connectivity index (χ1n) is 10.2. The third-order valence-electron chi connectivity index (χ3n) is 5.48. The Hall–Kier alpha value is -2.26. The fraction of sp³-hybridized carbons (Fsp3) is 0.417. The van der Waals surface area contributed by atoms with Gasteiger partial charge in [-0.15, -0.1) is 0 Å². The Morgan fingerprint density at radius 2 is 1.70 bits per heavy atom. The SMILES string of the molecule is CCOC1=C(CN2CCCCC2)C(Cc2ccccc2)Oc2ccccc21. The van der Waals surface area contributed by atoms with E-state index in [1.807, 2.05) is 6.07 Å². The molecule has 3 nitrogen and oxygen atoms in total. The van der Waals surface area contributed by atoms with Gasteiger partial charge in [0.1, 0.15) is 17.6 Å². The van der Waals surface area contributed by atoms with Gasteiger partial charge in [-0.25, -0.2) is 0 Å². The van der Waals surface area contributed by atoms with Crippen molar-refractivity contribution in [3.05, 3.63) is 71.3 Å². The summed E-state index contributed by atoms with van der Waals surface area (Å²) in [4.78, 5) is 2.56. The molecule has 1 atom stereocenters. The van der Waals surface area contributed by atoms with Gasteiger partial charge < -0.3 is 9.47 Å². The zero-order valence-corrected chi connectivity index (χ0v) is 16.2. The fourth-order valence-electron chi connectivity index (χ4n) is 4.14. The minimum atomic E-state index is 0.0192. The minimum Gasteiger partial charge on any atom is -0.493 e.